The van der Waals surface area contributed by atoms with Gasteiger partial charge in [-0.2, -0.15) is 0 Å². The number of halogens is 2. The van der Waals surface area contributed by atoms with Gasteiger partial charge in [-0.1, -0.05) is 102 Å². The average Bonchev–Trinajstić information content (AvgIpc) is 2.82. The van der Waals surface area contributed by atoms with Crippen LogP contribution in [0.5, 0.6) is 0 Å². The molecule has 0 spiro atoms. The van der Waals surface area contributed by atoms with E-state index in [-0.39, 0.29) is 0 Å². The van der Waals surface area contributed by atoms with Gasteiger partial charge in [0.1, 0.15) is 5.60 Å². The number of hydrogen-bond donors (Lipinski definition) is 3. The van der Waals surface area contributed by atoms with E-state index in [1.54, 1.807) is 18.2 Å². The fourth-order valence-electron chi connectivity index (χ4n) is 3.78. The number of nitrogens with one attached hydrogen (secondary N) is 2. The SMILES string of the molecule is OC(Cc1ccccc1)(c1ccccc1)c1ccccc1NC(=S)Nc1ccc(Cl)cc1Cl. The van der Waals surface area contributed by atoms with E-state index in [0.717, 1.165) is 11.1 Å². The predicted octanol–water partition coefficient (Wildman–Crippen LogP) is 7.28. The minimum absolute atomic E-state index is 0.349. The maximum atomic E-state index is 12.1. The first-order valence-electron chi connectivity index (χ1n) is 10.4. The first-order valence-corrected chi connectivity index (χ1v) is 11.6. The summed E-state index contributed by atoms with van der Waals surface area (Å²) >= 11 is 17.8. The van der Waals surface area contributed by atoms with Gasteiger partial charge < -0.3 is 15.7 Å². The molecular formula is C27H22Cl2N2OS. The van der Waals surface area contributed by atoms with Gasteiger partial charge >= 0.3 is 0 Å². The zero-order valence-electron chi connectivity index (χ0n) is 17.6. The highest BCUT2D eigenvalue weighted by Crippen LogP contribution is 2.37. The molecule has 4 aromatic carbocycles. The number of benzene rings is 4. The second-order valence-corrected chi connectivity index (χ2v) is 8.89. The minimum atomic E-state index is -1.28. The van der Waals surface area contributed by atoms with Gasteiger partial charge in [0.2, 0.25) is 0 Å². The average molecular weight is 493 g/mol. The van der Waals surface area contributed by atoms with E-state index >= 15 is 0 Å². The van der Waals surface area contributed by atoms with Gasteiger partial charge in [0.25, 0.3) is 0 Å². The Labute approximate surface area is 209 Å². The maximum Gasteiger partial charge on any atom is 0.175 e. The van der Waals surface area contributed by atoms with Crippen LogP contribution in [0.15, 0.2) is 103 Å². The van der Waals surface area contributed by atoms with Crippen LogP contribution in [-0.2, 0) is 12.0 Å². The number of para-hydroxylation sites is 1. The van der Waals surface area contributed by atoms with Gasteiger partial charge in [-0.25, -0.2) is 0 Å². The van der Waals surface area contributed by atoms with Crippen LogP contribution in [0.2, 0.25) is 10.0 Å². The molecule has 0 aliphatic heterocycles. The van der Waals surface area contributed by atoms with E-state index in [1.165, 1.54) is 0 Å². The normalized spacial score (nSPS) is 12.6. The number of thiocarbonyl (C=S) groups is 1. The second-order valence-electron chi connectivity index (χ2n) is 7.64. The summed E-state index contributed by atoms with van der Waals surface area (Å²) < 4.78 is 0. The van der Waals surface area contributed by atoms with E-state index in [0.29, 0.717) is 38.5 Å². The van der Waals surface area contributed by atoms with E-state index in [2.05, 4.69) is 10.6 Å². The molecular weight excluding hydrogens is 471 g/mol. The first-order chi connectivity index (χ1) is 16.0. The summed E-state index contributed by atoms with van der Waals surface area (Å²) in [5.41, 5.74) is 2.59. The van der Waals surface area contributed by atoms with Gasteiger partial charge in [0.05, 0.1) is 10.7 Å². The van der Waals surface area contributed by atoms with Crippen molar-refractivity contribution in [2.75, 3.05) is 10.6 Å². The van der Waals surface area contributed by atoms with Crippen molar-refractivity contribution in [3.05, 3.63) is 130 Å². The standard InChI is InChI=1S/C27H22Cl2N2OS/c28-21-15-16-25(23(29)17-21)31-26(33)30-24-14-8-7-13-22(24)27(32,20-11-5-2-6-12-20)18-19-9-3-1-4-10-19/h1-17,32H,18H2,(H2,30,31,33). The second kappa shape index (κ2) is 10.4. The molecule has 0 saturated heterocycles. The molecule has 0 heterocycles. The Kier molecular flexibility index (Phi) is 7.31. The van der Waals surface area contributed by atoms with Gasteiger partial charge in [0.15, 0.2) is 5.11 Å². The number of aliphatic hydroxyl groups is 1. The largest absolute Gasteiger partial charge is 0.380 e. The molecule has 0 bridgehead atoms. The smallest absolute Gasteiger partial charge is 0.175 e. The monoisotopic (exact) mass is 492 g/mol. The Hall–Kier alpha value is -2.89. The lowest BCUT2D eigenvalue weighted by molar-refractivity contribution is 0.0819. The van der Waals surface area contributed by atoms with Gasteiger partial charge in [-0.05, 0) is 47.6 Å². The predicted molar refractivity (Wildman–Crippen MR) is 142 cm³/mol. The van der Waals surface area contributed by atoms with Crippen molar-refractivity contribution in [3.63, 3.8) is 0 Å². The molecule has 0 amide bonds. The van der Waals surface area contributed by atoms with Crippen LogP contribution in [0.25, 0.3) is 0 Å². The Morgan fingerprint density at radius 3 is 2.06 bits per heavy atom. The Morgan fingerprint density at radius 1 is 0.758 bits per heavy atom. The highest BCUT2D eigenvalue weighted by molar-refractivity contribution is 7.80. The molecule has 6 heteroatoms. The fraction of sp³-hybridized carbons (Fsp3) is 0.0741. The molecule has 1 unspecified atom stereocenters. The molecule has 4 rings (SSSR count). The van der Waals surface area contributed by atoms with E-state index in [9.17, 15) is 5.11 Å². The Morgan fingerprint density at radius 2 is 1.36 bits per heavy atom. The van der Waals surface area contributed by atoms with Crippen LogP contribution in [0, 0.1) is 0 Å². The number of rotatable bonds is 6. The summed E-state index contributed by atoms with van der Waals surface area (Å²) in [7, 11) is 0. The number of hydrogen-bond acceptors (Lipinski definition) is 2. The molecule has 3 N–H and O–H groups in total. The third-order valence-electron chi connectivity index (χ3n) is 5.35. The van der Waals surface area contributed by atoms with E-state index < -0.39 is 5.60 Å². The van der Waals surface area contributed by atoms with E-state index in [4.69, 9.17) is 35.4 Å². The lowest BCUT2D eigenvalue weighted by Gasteiger charge is -2.32. The molecule has 0 aliphatic carbocycles. The van der Waals surface area contributed by atoms with Crippen molar-refractivity contribution >= 4 is 51.9 Å². The Bertz CT molecular complexity index is 1250. The van der Waals surface area contributed by atoms with E-state index in [1.807, 2.05) is 84.9 Å². The summed E-state index contributed by atoms with van der Waals surface area (Å²) in [4.78, 5) is 0. The van der Waals surface area contributed by atoms with Crippen LogP contribution in [0.1, 0.15) is 16.7 Å². The molecule has 0 aromatic heterocycles. The van der Waals surface area contributed by atoms with Gasteiger partial charge in [-0.3, -0.25) is 0 Å². The third kappa shape index (κ3) is 5.55. The van der Waals surface area contributed by atoms with Crippen molar-refractivity contribution in [1.82, 2.24) is 0 Å². The van der Waals surface area contributed by atoms with Crippen molar-refractivity contribution in [1.29, 1.82) is 0 Å². The van der Waals surface area contributed by atoms with Gasteiger partial charge in [0, 0.05) is 22.7 Å². The molecule has 0 radical (unpaired) electrons. The van der Waals surface area contributed by atoms with Crippen LogP contribution in [0.3, 0.4) is 0 Å². The van der Waals surface area contributed by atoms with Crippen molar-refractivity contribution in [2.45, 2.75) is 12.0 Å². The van der Waals surface area contributed by atoms with Gasteiger partial charge in [-0.15, -0.1) is 0 Å². The zero-order valence-corrected chi connectivity index (χ0v) is 20.0. The molecule has 4 aromatic rings. The summed E-state index contributed by atoms with van der Waals surface area (Å²) in [5, 5.41) is 19.8. The molecule has 33 heavy (non-hydrogen) atoms. The molecule has 0 saturated carbocycles. The van der Waals surface area contributed by atoms with Crippen molar-refractivity contribution in [3.8, 4) is 0 Å². The van der Waals surface area contributed by atoms with Crippen LogP contribution in [-0.4, -0.2) is 10.2 Å². The summed E-state index contributed by atoms with van der Waals surface area (Å²) in [6.07, 6.45) is 0.403. The lowest BCUT2D eigenvalue weighted by atomic mass is 9.80. The molecule has 166 valence electrons. The number of anilines is 2. The molecule has 0 fully saturated rings. The van der Waals surface area contributed by atoms with Crippen LogP contribution in [0.4, 0.5) is 11.4 Å². The molecule has 1 atom stereocenters. The summed E-state index contributed by atoms with van der Waals surface area (Å²) in [6.45, 7) is 0. The van der Waals surface area contributed by atoms with Crippen LogP contribution < -0.4 is 10.6 Å². The van der Waals surface area contributed by atoms with Crippen molar-refractivity contribution in [2.24, 2.45) is 0 Å². The summed E-state index contributed by atoms with van der Waals surface area (Å²) in [5.74, 6) is 0. The Balaban J connectivity index is 1.68. The molecule has 0 aliphatic rings. The van der Waals surface area contributed by atoms with Crippen LogP contribution >= 0.6 is 35.4 Å². The zero-order chi connectivity index (χ0) is 23.3. The van der Waals surface area contributed by atoms with Crippen molar-refractivity contribution < 1.29 is 5.11 Å². The summed E-state index contributed by atoms with van der Waals surface area (Å²) in [6, 6.07) is 32.4. The topological polar surface area (TPSA) is 44.3 Å². The fourth-order valence-corrected chi connectivity index (χ4v) is 4.45. The minimum Gasteiger partial charge on any atom is -0.380 e. The highest BCUT2D eigenvalue weighted by atomic mass is 35.5. The highest BCUT2D eigenvalue weighted by Gasteiger charge is 2.34. The quantitative estimate of drug-likeness (QED) is 0.247. The maximum absolute atomic E-state index is 12.1. The molecule has 3 nitrogen and oxygen atoms in total. The first kappa shape index (κ1) is 23.3. The third-order valence-corrected chi connectivity index (χ3v) is 6.11. The lowest BCUT2D eigenvalue weighted by Crippen LogP contribution is -2.32.